The van der Waals surface area contributed by atoms with Gasteiger partial charge in [-0.1, -0.05) is 11.6 Å². The Balaban J connectivity index is 2.20. The van der Waals surface area contributed by atoms with Gasteiger partial charge in [-0.2, -0.15) is 5.10 Å². The van der Waals surface area contributed by atoms with Crippen LogP contribution in [0.4, 0.5) is 0 Å². The Morgan fingerprint density at radius 2 is 2.11 bits per heavy atom. The number of halogens is 1. The summed E-state index contributed by atoms with van der Waals surface area (Å²) in [6.07, 6.45) is 4.64. The van der Waals surface area contributed by atoms with E-state index in [0.29, 0.717) is 22.8 Å². The molecule has 2 rings (SSSR count). The molecule has 0 aliphatic carbocycles. The number of allylic oxidation sites excluding steroid dienone is 1. The quantitative estimate of drug-likeness (QED) is 0.689. The molecule has 1 heterocycles. The monoisotopic (exact) mass is 276 g/mol. The van der Waals surface area contributed by atoms with Crippen LogP contribution in [0, 0.1) is 0 Å². The van der Waals surface area contributed by atoms with Crippen molar-refractivity contribution in [3.05, 3.63) is 52.8 Å². The summed E-state index contributed by atoms with van der Waals surface area (Å²) in [4.78, 5) is 11.9. The van der Waals surface area contributed by atoms with Gasteiger partial charge in [0.05, 0.1) is 16.9 Å². The Labute approximate surface area is 115 Å². The summed E-state index contributed by atoms with van der Waals surface area (Å²) in [5, 5.41) is 13.8. The van der Waals surface area contributed by atoms with E-state index in [-0.39, 0.29) is 11.5 Å². The van der Waals surface area contributed by atoms with Gasteiger partial charge in [-0.15, -0.1) is 0 Å². The van der Waals surface area contributed by atoms with E-state index in [9.17, 15) is 4.79 Å². The third-order valence-electron chi connectivity index (χ3n) is 2.68. The second kappa shape index (κ2) is 5.71. The molecule has 0 spiro atoms. The lowest BCUT2D eigenvalue weighted by Gasteiger charge is -2.00. The maximum atomic E-state index is 11.9. The summed E-state index contributed by atoms with van der Waals surface area (Å²) in [6.45, 7) is 2.63. The standard InChI is InChI=1S/C14H13ClN2O2/c1-2-17-13(12(15)9-16-17)7-8-14(19)10-3-5-11(18)6-4-10/h3-9,18H,2H2,1H3/b8-7+. The Hall–Kier alpha value is -2.07. The summed E-state index contributed by atoms with van der Waals surface area (Å²) in [7, 11) is 0. The van der Waals surface area contributed by atoms with Gasteiger partial charge in [0, 0.05) is 12.1 Å². The highest BCUT2D eigenvalue weighted by Crippen LogP contribution is 2.17. The van der Waals surface area contributed by atoms with Gasteiger partial charge >= 0.3 is 0 Å². The SMILES string of the molecule is CCn1ncc(Cl)c1/C=C/C(=O)c1ccc(O)cc1. The molecule has 0 saturated carbocycles. The van der Waals surface area contributed by atoms with Gasteiger partial charge in [-0.05, 0) is 43.3 Å². The molecule has 0 atom stereocenters. The molecular formula is C14H13ClN2O2. The van der Waals surface area contributed by atoms with Gasteiger partial charge in [-0.25, -0.2) is 0 Å². The number of rotatable bonds is 4. The Morgan fingerprint density at radius 1 is 1.42 bits per heavy atom. The number of phenols is 1. The number of aromatic nitrogens is 2. The first-order chi connectivity index (χ1) is 9.11. The largest absolute Gasteiger partial charge is 0.508 e. The third kappa shape index (κ3) is 3.03. The molecule has 19 heavy (non-hydrogen) atoms. The van der Waals surface area contributed by atoms with Crippen molar-refractivity contribution in [3.63, 3.8) is 0 Å². The van der Waals surface area contributed by atoms with E-state index in [2.05, 4.69) is 5.10 Å². The highest BCUT2D eigenvalue weighted by molar-refractivity contribution is 6.31. The summed E-state index contributed by atoms with van der Waals surface area (Å²) < 4.78 is 1.71. The number of aromatic hydroxyl groups is 1. The van der Waals surface area contributed by atoms with Crippen LogP contribution in [0.1, 0.15) is 23.0 Å². The van der Waals surface area contributed by atoms with Crippen LogP contribution in [-0.4, -0.2) is 20.7 Å². The van der Waals surface area contributed by atoms with Crippen LogP contribution in [0.3, 0.4) is 0 Å². The first kappa shape index (κ1) is 13.4. The van der Waals surface area contributed by atoms with E-state index in [1.54, 1.807) is 29.1 Å². The van der Waals surface area contributed by atoms with Gasteiger partial charge < -0.3 is 5.11 Å². The zero-order valence-electron chi connectivity index (χ0n) is 10.4. The molecule has 0 unspecified atom stereocenters. The van der Waals surface area contributed by atoms with E-state index in [1.807, 2.05) is 6.92 Å². The lowest BCUT2D eigenvalue weighted by molar-refractivity contribution is 0.104. The zero-order chi connectivity index (χ0) is 13.8. The van der Waals surface area contributed by atoms with Crippen LogP contribution in [-0.2, 0) is 6.54 Å². The van der Waals surface area contributed by atoms with Crippen LogP contribution >= 0.6 is 11.6 Å². The molecule has 0 fully saturated rings. The number of carbonyl (C=O) groups is 1. The Morgan fingerprint density at radius 3 is 2.74 bits per heavy atom. The molecule has 0 saturated heterocycles. The average molecular weight is 277 g/mol. The van der Waals surface area contributed by atoms with E-state index in [4.69, 9.17) is 16.7 Å². The van der Waals surface area contributed by atoms with Gasteiger partial charge in [0.2, 0.25) is 0 Å². The molecule has 0 radical (unpaired) electrons. The van der Waals surface area contributed by atoms with Crippen molar-refractivity contribution in [2.75, 3.05) is 0 Å². The number of carbonyl (C=O) groups excluding carboxylic acids is 1. The fourth-order valence-corrected chi connectivity index (χ4v) is 1.87. The zero-order valence-corrected chi connectivity index (χ0v) is 11.1. The average Bonchev–Trinajstić information content (AvgIpc) is 2.77. The normalized spacial score (nSPS) is 11.1. The number of aryl methyl sites for hydroxylation is 1. The molecule has 5 heteroatoms. The first-order valence-electron chi connectivity index (χ1n) is 5.84. The molecule has 98 valence electrons. The second-order valence-corrected chi connectivity index (χ2v) is 4.35. The number of ketones is 1. The highest BCUT2D eigenvalue weighted by Gasteiger charge is 2.06. The minimum absolute atomic E-state index is 0.132. The third-order valence-corrected chi connectivity index (χ3v) is 2.97. The maximum absolute atomic E-state index is 11.9. The topological polar surface area (TPSA) is 55.1 Å². The molecule has 1 aromatic heterocycles. The highest BCUT2D eigenvalue weighted by atomic mass is 35.5. The van der Waals surface area contributed by atoms with Crippen molar-refractivity contribution in [3.8, 4) is 5.75 Å². The fraction of sp³-hybridized carbons (Fsp3) is 0.143. The molecule has 0 aliphatic heterocycles. The molecule has 4 nitrogen and oxygen atoms in total. The Kier molecular flexibility index (Phi) is 4.02. The molecule has 0 bridgehead atoms. The minimum Gasteiger partial charge on any atom is -0.508 e. The molecule has 0 aliphatic rings. The molecule has 0 amide bonds. The van der Waals surface area contributed by atoms with Crippen molar-refractivity contribution in [1.29, 1.82) is 0 Å². The van der Waals surface area contributed by atoms with E-state index in [0.717, 1.165) is 0 Å². The van der Waals surface area contributed by atoms with Gasteiger partial charge in [0.25, 0.3) is 0 Å². The number of hydrogen-bond acceptors (Lipinski definition) is 3. The number of benzene rings is 1. The lowest BCUT2D eigenvalue weighted by Crippen LogP contribution is -1.99. The summed E-state index contributed by atoms with van der Waals surface area (Å²) in [6, 6.07) is 6.09. The van der Waals surface area contributed by atoms with Crippen LogP contribution < -0.4 is 0 Å². The Bertz CT molecular complexity index is 615. The van der Waals surface area contributed by atoms with Crippen molar-refractivity contribution in [1.82, 2.24) is 9.78 Å². The summed E-state index contributed by atoms with van der Waals surface area (Å²) >= 11 is 6.00. The van der Waals surface area contributed by atoms with Crippen LogP contribution in [0.15, 0.2) is 36.5 Å². The van der Waals surface area contributed by atoms with Crippen LogP contribution in [0.5, 0.6) is 5.75 Å². The number of phenolic OH excluding ortho intramolecular Hbond substituents is 1. The first-order valence-corrected chi connectivity index (χ1v) is 6.22. The van der Waals surface area contributed by atoms with Gasteiger partial charge in [0.1, 0.15) is 5.75 Å². The molecular weight excluding hydrogens is 264 g/mol. The smallest absolute Gasteiger partial charge is 0.185 e. The van der Waals surface area contributed by atoms with E-state index in [1.165, 1.54) is 18.2 Å². The minimum atomic E-state index is -0.153. The van der Waals surface area contributed by atoms with Gasteiger partial charge in [0.15, 0.2) is 5.78 Å². The van der Waals surface area contributed by atoms with Crippen LogP contribution in [0.2, 0.25) is 5.02 Å². The summed E-state index contributed by atoms with van der Waals surface area (Å²) in [5.41, 5.74) is 1.21. The molecule has 1 aromatic carbocycles. The van der Waals surface area contributed by atoms with Gasteiger partial charge in [-0.3, -0.25) is 9.48 Å². The number of nitrogens with zero attached hydrogens (tertiary/aromatic N) is 2. The van der Waals surface area contributed by atoms with E-state index < -0.39 is 0 Å². The number of hydrogen-bond donors (Lipinski definition) is 1. The van der Waals surface area contributed by atoms with Crippen LogP contribution in [0.25, 0.3) is 6.08 Å². The molecule has 2 aromatic rings. The van der Waals surface area contributed by atoms with Crippen molar-refractivity contribution in [2.45, 2.75) is 13.5 Å². The predicted molar refractivity (Wildman–Crippen MR) is 74.4 cm³/mol. The van der Waals surface area contributed by atoms with Crippen molar-refractivity contribution >= 4 is 23.5 Å². The second-order valence-electron chi connectivity index (χ2n) is 3.94. The predicted octanol–water partition coefficient (Wildman–Crippen LogP) is 3.16. The fourth-order valence-electron chi connectivity index (χ4n) is 1.67. The molecule has 1 N–H and O–H groups in total. The van der Waals surface area contributed by atoms with E-state index >= 15 is 0 Å². The van der Waals surface area contributed by atoms with Crippen molar-refractivity contribution < 1.29 is 9.90 Å². The maximum Gasteiger partial charge on any atom is 0.185 e. The van der Waals surface area contributed by atoms with Crippen molar-refractivity contribution in [2.24, 2.45) is 0 Å². The lowest BCUT2D eigenvalue weighted by atomic mass is 10.1. The summed E-state index contributed by atoms with van der Waals surface area (Å²) in [5.74, 6) is -0.0208.